The fourth-order valence-corrected chi connectivity index (χ4v) is 1.61. The molecule has 4 heteroatoms. The molecular weight excluding hydrogens is 294 g/mol. The van der Waals surface area contributed by atoms with Crippen molar-refractivity contribution in [1.29, 1.82) is 0 Å². The first kappa shape index (κ1) is 15.2. The van der Waals surface area contributed by atoms with Crippen LogP contribution in [0.2, 0.25) is 0 Å². The molecule has 0 aromatic heterocycles. The van der Waals surface area contributed by atoms with Crippen molar-refractivity contribution in [2.24, 2.45) is 0 Å². The fraction of sp³-hybridized carbons (Fsp3) is 0.500. The molecule has 1 unspecified atom stereocenters. The Hall–Kier alpha value is -0.870. The maximum atomic E-state index is 11.4. The molecule has 0 saturated heterocycles. The Morgan fingerprint density at radius 3 is 2.78 bits per heavy atom. The van der Waals surface area contributed by atoms with E-state index in [-0.39, 0.29) is 10.7 Å². The Kier molecular flexibility index (Phi) is 7.69. The Bertz CT molecular complexity index is 343. The molecule has 18 heavy (non-hydrogen) atoms. The zero-order valence-electron chi connectivity index (χ0n) is 10.7. The van der Waals surface area contributed by atoms with Gasteiger partial charge < -0.3 is 10.1 Å². The van der Waals surface area contributed by atoms with Gasteiger partial charge in [0, 0.05) is 13.2 Å². The van der Waals surface area contributed by atoms with Crippen LogP contribution in [0, 0.1) is 0 Å². The highest BCUT2D eigenvalue weighted by Crippen LogP contribution is 2.03. The van der Waals surface area contributed by atoms with Gasteiger partial charge >= 0.3 is 0 Å². The highest BCUT2D eigenvalue weighted by atomic mass is 79.9. The molecule has 0 heterocycles. The summed E-state index contributed by atoms with van der Waals surface area (Å²) in [6.45, 7) is 3.93. The lowest BCUT2D eigenvalue weighted by atomic mass is 10.2. The molecule has 1 atom stereocenters. The molecular formula is C14H20BrNO2. The Labute approximate surface area is 117 Å². The number of amides is 1. The van der Waals surface area contributed by atoms with Crippen LogP contribution in [0.1, 0.15) is 25.3 Å². The molecule has 0 spiro atoms. The zero-order chi connectivity index (χ0) is 13.2. The Morgan fingerprint density at radius 1 is 1.39 bits per heavy atom. The first-order valence-electron chi connectivity index (χ1n) is 6.27. The number of carbonyl (C=O) groups excluding carboxylic acids is 1. The maximum absolute atomic E-state index is 11.4. The fourth-order valence-electron chi connectivity index (χ4n) is 1.45. The molecule has 0 radical (unpaired) electrons. The number of halogens is 1. The zero-order valence-corrected chi connectivity index (χ0v) is 12.3. The van der Waals surface area contributed by atoms with E-state index in [9.17, 15) is 4.79 Å². The number of nitrogens with one attached hydrogen (secondary N) is 1. The number of hydrogen-bond acceptors (Lipinski definition) is 2. The standard InChI is InChI=1S/C14H20BrNO2/c1-2-13(15)14(17)16-9-6-10-18-11-12-7-4-3-5-8-12/h3-5,7-8,13H,2,6,9-11H2,1H3,(H,16,17). The summed E-state index contributed by atoms with van der Waals surface area (Å²) in [6, 6.07) is 10.1. The van der Waals surface area contributed by atoms with Crippen molar-refractivity contribution >= 4 is 21.8 Å². The van der Waals surface area contributed by atoms with E-state index in [0.717, 1.165) is 12.8 Å². The first-order chi connectivity index (χ1) is 8.74. The molecule has 100 valence electrons. The predicted molar refractivity (Wildman–Crippen MR) is 76.7 cm³/mol. The Morgan fingerprint density at radius 2 is 2.11 bits per heavy atom. The van der Waals surface area contributed by atoms with Gasteiger partial charge in [0.05, 0.1) is 11.4 Å². The molecule has 1 amide bonds. The summed E-state index contributed by atoms with van der Waals surface area (Å²) in [6.07, 6.45) is 1.64. The molecule has 0 aliphatic rings. The molecule has 0 saturated carbocycles. The van der Waals surface area contributed by atoms with Crippen LogP contribution in [-0.4, -0.2) is 23.9 Å². The van der Waals surface area contributed by atoms with Crippen LogP contribution in [0.5, 0.6) is 0 Å². The van der Waals surface area contributed by atoms with Crippen molar-refractivity contribution in [3.05, 3.63) is 35.9 Å². The van der Waals surface area contributed by atoms with Crippen molar-refractivity contribution in [3.63, 3.8) is 0 Å². The van der Waals surface area contributed by atoms with E-state index in [1.165, 1.54) is 5.56 Å². The molecule has 1 N–H and O–H groups in total. The monoisotopic (exact) mass is 313 g/mol. The van der Waals surface area contributed by atoms with Gasteiger partial charge in [0.2, 0.25) is 5.91 Å². The topological polar surface area (TPSA) is 38.3 Å². The number of alkyl halides is 1. The summed E-state index contributed by atoms with van der Waals surface area (Å²) in [5.74, 6) is 0.0561. The van der Waals surface area contributed by atoms with Crippen LogP contribution in [-0.2, 0) is 16.1 Å². The third-order valence-electron chi connectivity index (χ3n) is 2.52. The van der Waals surface area contributed by atoms with Gasteiger partial charge in [-0.1, -0.05) is 53.2 Å². The van der Waals surface area contributed by atoms with Crippen LogP contribution < -0.4 is 5.32 Å². The lowest BCUT2D eigenvalue weighted by Gasteiger charge is -2.09. The minimum atomic E-state index is -0.0808. The predicted octanol–water partition coefficient (Wildman–Crippen LogP) is 2.88. The van der Waals surface area contributed by atoms with Crippen LogP contribution in [0.3, 0.4) is 0 Å². The summed E-state index contributed by atoms with van der Waals surface area (Å²) in [4.78, 5) is 11.3. The van der Waals surface area contributed by atoms with Gasteiger partial charge in [0.15, 0.2) is 0 Å². The van der Waals surface area contributed by atoms with E-state index < -0.39 is 0 Å². The summed E-state index contributed by atoms with van der Waals surface area (Å²) >= 11 is 3.31. The lowest BCUT2D eigenvalue weighted by molar-refractivity contribution is -0.120. The third kappa shape index (κ3) is 6.17. The van der Waals surface area contributed by atoms with Gasteiger partial charge in [-0.2, -0.15) is 0 Å². The van der Waals surface area contributed by atoms with Crippen molar-refractivity contribution in [3.8, 4) is 0 Å². The van der Waals surface area contributed by atoms with E-state index in [1.54, 1.807) is 0 Å². The number of rotatable bonds is 8. The first-order valence-corrected chi connectivity index (χ1v) is 7.19. The molecule has 0 bridgehead atoms. The smallest absolute Gasteiger partial charge is 0.233 e. The highest BCUT2D eigenvalue weighted by Gasteiger charge is 2.10. The van der Waals surface area contributed by atoms with Crippen LogP contribution in [0.25, 0.3) is 0 Å². The second-order valence-corrected chi connectivity index (χ2v) is 5.16. The summed E-state index contributed by atoms with van der Waals surface area (Å²) in [7, 11) is 0. The molecule has 1 rings (SSSR count). The normalized spacial score (nSPS) is 12.1. The van der Waals surface area contributed by atoms with Crippen LogP contribution in [0.4, 0.5) is 0 Å². The molecule has 1 aromatic rings. The molecule has 0 fully saturated rings. The van der Waals surface area contributed by atoms with E-state index in [4.69, 9.17) is 4.74 Å². The number of ether oxygens (including phenoxy) is 1. The van der Waals surface area contributed by atoms with E-state index in [1.807, 2.05) is 37.3 Å². The largest absolute Gasteiger partial charge is 0.377 e. The molecule has 0 aliphatic carbocycles. The number of carbonyl (C=O) groups is 1. The summed E-state index contributed by atoms with van der Waals surface area (Å²) in [5.41, 5.74) is 1.17. The average Bonchev–Trinajstić information content (AvgIpc) is 2.42. The van der Waals surface area contributed by atoms with Gasteiger partial charge in [0.25, 0.3) is 0 Å². The van der Waals surface area contributed by atoms with Crippen molar-refractivity contribution in [2.45, 2.75) is 31.2 Å². The lowest BCUT2D eigenvalue weighted by Crippen LogP contribution is -2.31. The summed E-state index contributed by atoms with van der Waals surface area (Å²) < 4.78 is 5.53. The van der Waals surface area contributed by atoms with Crippen molar-refractivity contribution in [1.82, 2.24) is 5.32 Å². The van der Waals surface area contributed by atoms with E-state index in [2.05, 4.69) is 21.2 Å². The van der Waals surface area contributed by atoms with Gasteiger partial charge in [-0.3, -0.25) is 4.79 Å². The van der Waals surface area contributed by atoms with E-state index >= 15 is 0 Å². The quantitative estimate of drug-likeness (QED) is 0.592. The number of hydrogen-bond donors (Lipinski definition) is 1. The summed E-state index contributed by atoms with van der Waals surface area (Å²) in [5, 5.41) is 2.87. The second-order valence-electron chi connectivity index (χ2n) is 4.06. The number of benzene rings is 1. The minimum absolute atomic E-state index is 0.0561. The van der Waals surface area contributed by atoms with E-state index in [0.29, 0.717) is 19.8 Å². The SMILES string of the molecule is CCC(Br)C(=O)NCCCOCc1ccccc1. The minimum Gasteiger partial charge on any atom is -0.377 e. The highest BCUT2D eigenvalue weighted by molar-refractivity contribution is 9.10. The van der Waals surface area contributed by atoms with Crippen molar-refractivity contribution < 1.29 is 9.53 Å². The Balaban J connectivity index is 2.01. The van der Waals surface area contributed by atoms with Crippen molar-refractivity contribution in [2.75, 3.05) is 13.2 Å². The molecule has 3 nitrogen and oxygen atoms in total. The average molecular weight is 314 g/mol. The van der Waals surface area contributed by atoms with Crippen LogP contribution >= 0.6 is 15.9 Å². The molecule has 0 aliphatic heterocycles. The third-order valence-corrected chi connectivity index (χ3v) is 3.58. The van der Waals surface area contributed by atoms with Gasteiger partial charge in [-0.15, -0.1) is 0 Å². The molecule has 1 aromatic carbocycles. The van der Waals surface area contributed by atoms with Gasteiger partial charge in [-0.25, -0.2) is 0 Å². The second kappa shape index (κ2) is 9.11. The van der Waals surface area contributed by atoms with Gasteiger partial charge in [0.1, 0.15) is 0 Å². The van der Waals surface area contributed by atoms with Crippen LogP contribution in [0.15, 0.2) is 30.3 Å². The van der Waals surface area contributed by atoms with Gasteiger partial charge in [-0.05, 0) is 18.4 Å². The maximum Gasteiger partial charge on any atom is 0.233 e.